The summed E-state index contributed by atoms with van der Waals surface area (Å²) < 4.78 is 10.1. The summed E-state index contributed by atoms with van der Waals surface area (Å²) in [5.41, 5.74) is 2.49. The predicted molar refractivity (Wildman–Crippen MR) is 80.5 cm³/mol. The fourth-order valence-corrected chi connectivity index (χ4v) is 2.47. The third-order valence-electron chi connectivity index (χ3n) is 3.61. The van der Waals surface area contributed by atoms with Crippen LogP contribution >= 0.6 is 0 Å². The molecule has 3 rings (SSSR count). The Balaban J connectivity index is 1.78. The van der Waals surface area contributed by atoms with Gasteiger partial charge in [0.05, 0.1) is 12.2 Å². The minimum atomic E-state index is -0.780. The van der Waals surface area contributed by atoms with Gasteiger partial charge in [0.15, 0.2) is 0 Å². The second-order valence-corrected chi connectivity index (χ2v) is 5.17. The first-order chi connectivity index (χ1) is 10.7. The van der Waals surface area contributed by atoms with Crippen molar-refractivity contribution in [2.75, 3.05) is 6.61 Å². The minimum Gasteiger partial charge on any atom is -0.463 e. The molecule has 0 spiro atoms. The average Bonchev–Trinajstić information content (AvgIpc) is 2.94. The SMILES string of the molecule is O=C(OC1CCOC1=O)c1ccccc1Cc1ccccc1. The Bertz CT molecular complexity index is 678. The van der Waals surface area contributed by atoms with E-state index in [2.05, 4.69) is 0 Å². The Kier molecular flexibility index (Phi) is 4.19. The second kappa shape index (κ2) is 6.43. The topological polar surface area (TPSA) is 52.6 Å². The maximum atomic E-state index is 12.3. The first kappa shape index (κ1) is 14.3. The van der Waals surface area contributed by atoms with Crippen LogP contribution in [0.15, 0.2) is 54.6 Å². The molecular weight excluding hydrogens is 280 g/mol. The Morgan fingerprint density at radius 2 is 1.82 bits per heavy atom. The van der Waals surface area contributed by atoms with Gasteiger partial charge >= 0.3 is 11.9 Å². The summed E-state index contributed by atoms with van der Waals surface area (Å²) in [6, 6.07) is 17.2. The number of esters is 2. The fourth-order valence-electron chi connectivity index (χ4n) is 2.47. The standard InChI is InChI=1S/C18H16O4/c19-17(22-16-10-11-21-18(16)20)15-9-5-4-8-14(15)12-13-6-2-1-3-7-13/h1-9,16H,10-12H2. The smallest absolute Gasteiger partial charge is 0.347 e. The van der Waals surface area contributed by atoms with Crippen LogP contribution in [0.1, 0.15) is 27.9 Å². The highest BCUT2D eigenvalue weighted by molar-refractivity contribution is 5.93. The fraction of sp³-hybridized carbons (Fsp3) is 0.222. The van der Waals surface area contributed by atoms with Crippen molar-refractivity contribution in [3.8, 4) is 0 Å². The summed E-state index contributed by atoms with van der Waals surface area (Å²) in [6.45, 7) is 0.308. The molecule has 1 unspecified atom stereocenters. The lowest BCUT2D eigenvalue weighted by molar-refractivity contribution is -0.145. The average molecular weight is 296 g/mol. The molecule has 112 valence electrons. The number of hydrogen-bond donors (Lipinski definition) is 0. The van der Waals surface area contributed by atoms with Crippen molar-refractivity contribution in [2.24, 2.45) is 0 Å². The lowest BCUT2D eigenvalue weighted by Crippen LogP contribution is -2.23. The highest BCUT2D eigenvalue weighted by Crippen LogP contribution is 2.18. The molecule has 0 amide bonds. The van der Waals surface area contributed by atoms with Crippen LogP contribution in [0, 0.1) is 0 Å². The van der Waals surface area contributed by atoms with Crippen molar-refractivity contribution in [1.82, 2.24) is 0 Å². The van der Waals surface area contributed by atoms with Crippen LogP contribution in [0.3, 0.4) is 0 Å². The number of rotatable bonds is 4. The third-order valence-corrected chi connectivity index (χ3v) is 3.61. The molecule has 1 atom stereocenters. The second-order valence-electron chi connectivity index (χ2n) is 5.17. The van der Waals surface area contributed by atoms with E-state index in [1.165, 1.54) is 0 Å². The van der Waals surface area contributed by atoms with E-state index < -0.39 is 18.0 Å². The molecule has 1 fully saturated rings. The zero-order valence-electron chi connectivity index (χ0n) is 12.0. The van der Waals surface area contributed by atoms with Crippen molar-refractivity contribution in [3.05, 3.63) is 71.3 Å². The summed E-state index contributed by atoms with van der Waals surface area (Å²) in [6.07, 6.45) is 0.282. The number of benzene rings is 2. The summed E-state index contributed by atoms with van der Waals surface area (Å²) in [5, 5.41) is 0. The van der Waals surface area contributed by atoms with Gasteiger partial charge in [0.1, 0.15) is 0 Å². The van der Waals surface area contributed by atoms with E-state index in [-0.39, 0.29) is 0 Å². The van der Waals surface area contributed by atoms with Gasteiger partial charge in [0, 0.05) is 6.42 Å². The lowest BCUT2D eigenvalue weighted by atomic mass is 10.00. The molecule has 1 aliphatic rings. The molecule has 4 heteroatoms. The maximum absolute atomic E-state index is 12.3. The number of carbonyl (C=O) groups is 2. The van der Waals surface area contributed by atoms with Gasteiger partial charge in [-0.15, -0.1) is 0 Å². The van der Waals surface area contributed by atoms with E-state index in [1.54, 1.807) is 12.1 Å². The van der Waals surface area contributed by atoms with Crippen LogP contribution < -0.4 is 0 Å². The summed E-state index contributed by atoms with van der Waals surface area (Å²) in [7, 11) is 0. The molecule has 1 heterocycles. The molecule has 2 aromatic carbocycles. The summed E-state index contributed by atoms with van der Waals surface area (Å²) in [5.74, 6) is -0.940. The summed E-state index contributed by atoms with van der Waals surface area (Å²) in [4.78, 5) is 23.7. The molecule has 22 heavy (non-hydrogen) atoms. The van der Waals surface area contributed by atoms with Gasteiger partial charge in [-0.2, -0.15) is 0 Å². The number of ether oxygens (including phenoxy) is 2. The normalized spacial score (nSPS) is 17.1. The molecular formula is C18H16O4. The van der Waals surface area contributed by atoms with Crippen molar-refractivity contribution in [1.29, 1.82) is 0 Å². The van der Waals surface area contributed by atoms with Gasteiger partial charge in [0.25, 0.3) is 0 Å². The zero-order valence-corrected chi connectivity index (χ0v) is 12.0. The molecule has 0 N–H and O–H groups in total. The van der Waals surface area contributed by atoms with Crippen molar-refractivity contribution in [3.63, 3.8) is 0 Å². The molecule has 0 aliphatic carbocycles. The van der Waals surface area contributed by atoms with Crippen LogP contribution in [0.25, 0.3) is 0 Å². The molecule has 4 nitrogen and oxygen atoms in total. The van der Waals surface area contributed by atoms with E-state index in [9.17, 15) is 9.59 Å². The molecule has 0 aromatic heterocycles. The first-order valence-corrected chi connectivity index (χ1v) is 7.23. The Morgan fingerprint density at radius 1 is 1.09 bits per heavy atom. The molecule has 1 saturated heterocycles. The maximum Gasteiger partial charge on any atom is 0.347 e. The molecule has 0 saturated carbocycles. The number of cyclic esters (lactones) is 1. The Hall–Kier alpha value is -2.62. The molecule has 2 aromatic rings. The largest absolute Gasteiger partial charge is 0.463 e. The highest BCUT2D eigenvalue weighted by Gasteiger charge is 2.31. The third kappa shape index (κ3) is 3.17. The Morgan fingerprint density at radius 3 is 2.55 bits per heavy atom. The predicted octanol–water partition coefficient (Wildman–Crippen LogP) is 2.75. The van der Waals surface area contributed by atoms with Gasteiger partial charge in [-0.1, -0.05) is 48.5 Å². The van der Waals surface area contributed by atoms with Gasteiger partial charge in [0.2, 0.25) is 6.10 Å². The van der Waals surface area contributed by atoms with Gasteiger partial charge in [-0.05, 0) is 23.6 Å². The molecule has 1 aliphatic heterocycles. The number of carbonyl (C=O) groups excluding carboxylic acids is 2. The van der Waals surface area contributed by atoms with Crippen molar-refractivity contribution >= 4 is 11.9 Å². The Labute approximate surface area is 128 Å². The molecule has 0 bridgehead atoms. The number of hydrogen-bond acceptors (Lipinski definition) is 4. The lowest BCUT2D eigenvalue weighted by Gasteiger charge is -2.12. The first-order valence-electron chi connectivity index (χ1n) is 7.23. The van der Waals surface area contributed by atoms with E-state index in [1.807, 2.05) is 42.5 Å². The van der Waals surface area contributed by atoms with E-state index in [4.69, 9.17) is 9.47 Å². The van der Waals surface area contributed by atoms with Gasteiger partial charge in [-0.25, -0.2) is 9.59 Å². The van der Waals surface area contributed by atoms with Gasteiger partial charge in [-0.3, -0.25) is 0 Å². The quantitative estimate of drug-likeness (QED) is 0.814. The van der Waals surface area contributed by atoms with Crippen LogP contribution in [0.2, 0.25) is 0 Å². The van der Waals surface area contributed by atoms with Crippen LogP contribution in [-0.2, 0) is 20.7 Å². The van der Waals surface area contributed by atoms with Crippen LogP contribution in [-0.4, -0.2) is 24.6 Å². The zero-order chi connectivity index (χ0) is 15.4. The van der Waals surface area contributed by atoms with Gasteiger partial charge < -0.3 is 9.47 Å². The van der Waals surface area contributed by atoms with Crippen molar-refractivity contribution < 1.29 is 19.1 Å². The van der Waals surface area contributed by atoms with Crippen LogP contribution in [0.5, 0.6) is 0 Å². The van der Waals surface area contributed by atoms with Crippen molar-refractivity contribution in [2.45, 2.75) is 18.9 Å². The van der Waals surface area contributed by atoms with Crippen LogP contribution in [0.4, 0.5) is 0 Å². The van der Waals surface area contributed by atoms with E-state index in [0.29, 0.717) is 25.0 Å². The van der Waals surface area contributed by atoms with E-state index in [0.717, 1.165) is 11.1 Å². The monoisotopic (exact) mass is 296 g/mol. The minimum absolute atomic E-state index is 0.308. The van der Waals surface area contributed by atoms with E-state index >= 15 is 0 Å². The highest BCUT2D eigenvalue weighted by atomic mass is 16.6. The summed E-state index contributed by atoms with van der Waals surface area (Å²) >= 11 is 0. The molecule has 0 radical (unpaired) electrons.